The number of carbonyl (C=O) groups excluding carboxylic acids is 1. The Morgan fingerprint density at radius 3 is 2.31 bits per heavy atom. The Morgan fingerprint density at radius 1 is 1.15 bits per heavy atom. The maximum atomic E-state index is 12.9. The Bertz CT molecular complexity index is 939. The van der Waals surface area contributed by atoms with Crippen LogP contribution in [0.15, 0.2) is 30.3 Å². The van der Waals surface area contributed by atoms with Crippen LogP contribution in [0.3, 0.4) is 0 Å². The van der Waals surface area contributed by atoms with Crippen molar-refractivity contribution in [3.63, 3.8) is 0 Å². The molecule has 0 N–H and O–H groups in total. The smallest absolute Gasteiger partial charge is 0.254 e. The molecule has 3 rings (SSSR count). The van der Waals surface area contributed by atoms with Gasteiger partial charge in [0.25, 0.3) is 5.91 Å². The number of hydrogen-bond donors (Lipinski definition) is 0. The van der Waals surface area contributed by atoms with Crippen molar-refractivity contribution >= 4 is 17.2 Å². The topological polar surface area (TPSA) is 51.0 Å². The number of amides is 1. The van der Waals surface area contributed by atoms with Gasteiger partial charge in [-0.25, -0.2) is 9.67 Å². The van der Waals surface area contributed by atoms with Crippen LogP contribution in [0.1, 0.15) is 50.3 Å². The van der Waals surface area contributed by atoms with Gasteiger partial charge >= 0.3 is 0 Å². The zero-order chi connectivity index (χ0) is 19.0. The van der Waals surface area contributed by atoms with E-state index in [1.54, 1.807) is 16.2 Å². The summed E-state index contributed by atoms with van der Waals surface area (Å²) in [6, 6.07) is 9.55. The number of carbonyl (C=O) groups is 1. The van der Waals surface area contributed by atoms with Crippen LogP contribution in [0.25, 0.3) is 5.69 Å². The molecule has 0 bridgehead atoms. The molecule has 5 nitrogen and oxygen atoms in total. The van der Waals surface area contributed by atoms with Crippen molar-refractivity contribution in [2.24, 2.45) is 0 Å². The van der Waals surface area contributed by atoms with Crippen LogP contribution in [0.5, 0.6) is 0 Å². The van der Waals surface area contributed by atoms with Gasteiger partial charge in [-0.05, 0) is 65.0 Å². The lowest BCUT2D eigenvalue weighted by Gasteiger charge is -2.24. The predicted molar refractivity (Wildman–Crippen MR) is 105 cm³/mol. The van der Waals surface area contributed by atoms with Gasteiger partial charge in [-0.2, -0.15) is 5.10 Å². The van der Waals surface area contributed by atoms with E-state index in [-0.39, 0.29) is 11.9 Å². The summed E-state index contributed by atoms with van der Waals surface area (Å²) in [4.78, 5) is 20.4. The molecule has 26 heavy (non-hydrogen) atoms. The van der Waals surface area contributed by atoms with E-state index < -0.39 is 0 Å². The van der Waals surface area contributed by atoms with Crippen LogP contribution in [0, 0.1) is 27.7 Å². The monoisotopic (exact) mass is 368 g/mol. The number of thiazole rings is 1. The summed E-state index contributed by atoms with van der Waals surface area (Å²) in [5.74, 6) is -0.0116. The number of aromatic nitrogens is 3. The molecule has 3 aromatic rings. The lowest BCUT2D eigenvalue weighted by atomic mass is 10.1. The molecule has 0 aliphatic carbocycles. The highest BCUT2D eigenvalue weighted by Crippen LogP contribution is 2.27. The second kappa shape index (κ2) is 7.03. The number of rotatable bonds is 4. The van der Waals surface area contributed by atoms with E-state index in [4.69, 9.17) is 0 Å². The van der Waals surface area contributed by atoms with Crippen molar-refractivity contribution in [1.29, 1.82) is 0 Å². The fourth-order valence-corrected chi connectivity index (χ4v) is 4.04. The molecule has 0 aliphatic heterocycles. The largest absolute Gasteiger partial charge is 0.333 e. The number of aryl methyl sites for hydroxylation is 4. The summed E-state index contributed by atoms with van der Waals surface area (Å²) >= 11 is 1.67. The maximum Gasteiger partial charge on any atom is 0.254 e. The summed E-state index contributed by atoms with van der Waals surface area (Å²) in [5, 5.41) is 5.51. The highest BCUT2D eigenvalue weighted by Gasteiger charge is 2.22. The highest BCUT2D eigenvalue weighted by molar-refractivity contribution is 7.11. The van der Waals surface area contributed by atoms with Crippen molar-refractivity contribution < 1.29 is 4.79 Å². The fourth-order valence-electron chi connectivity index (χ4n) is 3.13. The zero-order valence-electron chi connectivity index (χ0n) is 16.1. The van der Waals surface area contributed by atoms with Crippen molar-refractivity contribution in [2.75, 3.05) is 7.05 Å². The first-order valence-corrected chi connectivity index (χ1v) is 9.44. The molecular weight excluding hydrogens is 344 g/mol. The van der Waals surface area contributed by atoms with Crippen LogP contribution < -0.4 is 0 Å². The van der Waals surface area contributed by atoms with E-state index in [1.807, 2.05) is 69.8 Å². The number of hydrogen-bond acceptors (Lipinski definition) is 4. The first-order valence-electron chi connectivity index (χ1n) is 8.62. The summed E-state index contributed by atoms with van der Waals surface area (Å²) in [5.41, 5.74) is 4.64. The van der Waals surface area contributed by atoms with E-state index in [2.05, 4.69) is 17.0 Å². The molecule has 0 spiro atoms. The summed E-state index contributed by atoms with van der Waals surface area (Å²) in [6.45, 7) is 10.1. The Kier molecular flexibility index (Phi) is 4.96. The third kappa shape index (κ3) is 3.42. The molecule has 0 fully saturated rings. The van der Waals surface area contributed by atoms with Gasteiger partial charge in [-0.15, -0.1) is 11.3 Å². The molecule has 1 unspecified atom stereocenters. The molecule has 0 saturated heterocycles. The van der Waals surface area contributed by atoms with E-state index in [1.165, 1.54) is 0 Å². The van der Waals surface area contributed by atoms with Crippen LogP contribution >= 0.6 is 11.3 Å². The van der Waals surface area contributed by atoms with E-state index in [9.17, 15) is 4.79 Å². The van der Waals surface area contributed by atoms with Crippen LogP contribution in [0.4, 0.5) is 0 Å². The third-order valence-electron chi connectivity index (χ3n) is 4.60. The van der Waals surface area contributed by atoms with E-state index in [0.29, 0.717) is 5.56 Å². The third-order valence-corrected chi connectivity index (χ3v) is 5.51. The lowest BCUT2D eigenvalue weighted by Crippen LogP contribution is -2.30. The van der Waals surface area contributed by atoms with Gasteiger partial charge in [-0.1, -0.05) is 0 Å². The van der Waals surface area contributed by atoms with Gasteiger partial charge in [0.15, 0.2) is 0 Å². The fraction of sp³-hybridized carbons (Fsp3) is 0.350. The van der Waals surface area contributed by atoms with Crippen LogP contribution in [-0.2, 0) is 0 Å². The summed E-state index contributed by atoms with van der Waals surface area (Å²) in [6.07, 6.45) is 0. The minimum absolute atomic E-state index is 0.0116. The number of nitrogens with zero attached hydrogens (tertiary/aromatic N) is 4. The average molecular weight is 369 g/mol. The van der Waals surface area contributed by atoms with E-state index >= 15 is 0 Å². The quantitative estimate of drug-likeness (QED) is 0.686. The molecule has 1 amide bonds. The molecule has 6 heteroatoms. The average Bonchev–Trinajstić information content (AvgIpc) is 3.13. The molecule has 2 heterocycles. The van der Waals surface area contributed by atoms with Crippen molar-refractivity contribution in [1.82, 2.24) is 19.7 Å². The Morgan fingerprint density at radius 2 is 1.81 bits per heavy atom. The lowest BCUT2D eigenvalue weighted by molar-refractivity contribution is 0.0740. The summed E-state index contributed by atoms with van der Waals surface area (Å²) in [7, 11) is 1.83. The van der Waals surface area contributed by atoms with Gasteiger partial charge in [0.2, 0.25) is 0 Å². The first kappa shape index (κ1) is 18.3. The maximum absolute atomic E-state index is 12.9. The molecule has 1 aromatic carbocycles. The second-order valence-electron chi connectivity index (χ2n) is 6.65. The van der Waals surface area contributed by atoms with Crippen molar-refractivity contribution in [3.8, 4) is 5.69 Å². The molecular formula is C20H24N4OS. The molecule has 0 saturated carbocycles. The molecule has 136 valence electrons. The minimum atomic E-state index is -0.0665. The summed E-state index contributed by atoms with van der Waals surface area (Å²) < 4.78 is 1.89. The first-order chi connectivity index (χ1) is 12.3. The van der Waals surface area contributed by atoms with Crippen LogP contribution in [-0.4, -0.2) is 32.6 Å². The Labute approximate surface area is 158 Å². The molecule has 0 radical (unpaired) electrons. The standard InChI is InChI=1S/C20H24N4OS/c1-12-11-13(2)24(22-12)18-9-7-17(8-10-18)20(25)23(6)14(3)19-15(4)26-16(5)21-19/h7-11,14H,1-6H3. The van der Waals surface area contributed by atoms with Gasteiger partial charge in [-0.3, -0.25) is 4.79 Å². The molecule has 1 atom stereocenters. The van der Waals surface area contributed by atoms with Crippen molar-refractivity contribution in [2.45, 2.75) is 40.7 Å². The van der Waals surface area contributed by atoms with Gasteiger partial charge in [0.1, 0.15) is 0 Å². The zero-order valence-corrected chi connectivity index (χ0v) is 16.9. The molecule has 0 aliphatic rings. The SMILES string of the molecule is Cc1cc(C)n(-c2ccc(C(=O)N(C)C(C)c3nc(C)sc3C)cc2)n1. The predicted octanol–water partition coefficient (Wildman–Crippen LogP) is 4.40. The van der Waals surface area contributed by atoms with Gasteiger partial charge < -0.3 is 4.90 Å². The second-order valence-corrected chi connectivity index (χ2v) is 8.06. The molecule has 2 aromatic heterocycles. The Hall–Kier alpha value is -2.47. The van der Waals surface area contributed by atoms with Crippen LogP contribution in [0.2, 0.25) is 0 Å². The Balaban J connectivity index is 1.81. The van der Waals surface area contributed by atoms with Gasteiger partial charge in [0, 0.05) is 23.2 Å². The minimum Gasteiger partial charge on any atom is -0.333 e. The number of benzene rings is 1. The normalized spacial score (nSPS) is 12.2. The highest BCUT2D eigenvalue weighted by atomic mass is 32.1. The van der Waals surface area contributed by atoms with E-state index in [0.717, 1.165) is 32.7 Å². The van der Waals surface area contributed by atoms with Gasteiger partial charge in [0.05, 0.1) is 28.1 Å². The van der Waals surface area contributed by atoms with Crippen molar-refractivity contribution in [3.05, 3.63) is 62.9 Å².